The van der Waals surface area contributed by atoms with Gasteiger partial charge in [-0.3, -0.25) is 0 Å². The molecular weight excluding hydrogens is 702 g/mol. The summed E-state index contributed by atoms with van der Waals surface area (Å²) >= 11 is 0. The predicted molar refractivity (Wildman–Crippen MR) is 198 cm³/mol. The number of aromatic nitrogens is 2. The normalized spacial score (nSPS) is 11.7. The Labute approximate surface area is 307 Å². The minimum atomic E-state index is -4.77. The van der Waals surface area contributed by atoms with Gasteiger partial charge >= 0.3 is 12.4 Å². The second-order valence-electron chi connectivity index (χ2n) is 12.3. The Kier molecular flexibility index (Phi) is 9.68. The Morgan fingerprint density at radius 2 is 0.741 bits per heavy atom. The number of alkyl halides is 6. The molecule has 0 atom stereocenters. The second kappa shape index (κ2) is 14.5. The van der Waals surface area contributed by atoms with Gasteiger partial charge < -0.3 is 9.47 Å². The molecule has 0 saturated heterocycles. The zero-order valence-corrected chi connectivity index (χ0v) is 28.8. The summed E-state index contributed by atoms with van der Waals surface area (Å²) in [7, 11) is 2.94. The number of benzene rings is 5. The van der Waals surface area contributed by atoms with Gasteiger partial charge in [0.1, 0.15) is 11.5 Å². The van der Waals surface area contributed by atoms with Crippen molar-refractivity contribution in [2.45, 2.75) is 12.4 Å². The second-order valence-corrected chi connectivity index (χ2v) is 12.3. The fourth-order valence-electron chi connectivity index (χ4n) is 6.40. The lowest BCUT2D eigenvalue weighted by atomic mass is 9.92. The molecule has 54 heavy (non-hydrogen) atoms. The fourth-order valence-corrected chi connectivity index (χ4v) is 6.40. The Morgan fingerprint density at radius 3 is 1.07 bits per heavy atom. The number of ether oxygens (including phenoxy) is 2. The summed E-state index contributed by atoms with van der Waals surface area (Å²) in [5, 5.41) is 0. The van der Waals surface area contributed by atoms with Gasteiger partial charge in [0.25, 0.3) is 0 Å². The monoisotopic (exact) mass is 732 g/mol. The molecule has 2 heterocycles. The average Bonchev–Trinajstić information content (AvgIpc) is 3.20. The van der Waals surface area contributed by atoms with Gasteiger partial charge in [-0.1, -0.05) is 103 Å². The van der Waals surface area contributed by atoms with Gasteiger partial charge in [0.05, 0.1) is 48.1 Å². The maximum Gasteiger partial charge on any atom is 0.419 e. The molecule has 0 fully saturated rings. The van der Waals surface area contributed by atoms with E-state index < -0.39 is 23.5 Å². The van der Waals surface area contributed by atoms with Crippen molar-refractivity contribution < 1.29 is 35.8 Å². The molecule has 0 spiro atoms. The minimum absolute atomic E-state index is 0.0970. The summed E-state index contributed by atoms with van der Waals surface area (Å²) in [5.74, 6) is 0.955. The van der Waals surface area contributed by atoms with Crippen LogP contribution in [0.15, 0.2) is 146 Å². The Hall–Kier alpha value is -6.42. The van der Waals surface area contributed by atoms with E-state index in [1.807, 2.05) is 0 Å². The van der Waals surface area contributed by atoms with E-state index in [4.69, 9.17) is 9.47 Å². The molecule has 5 aromatic carbocycles. The average molecular weight is 733 g/mol. The highest BCUT2D eigenvalue weighted by atomic mass is 19.4. The topological polar surface area (TPSA) is 44.2 Å². The number of hydrogen-bond donors (Lipinski definition) is 0. The molecule has 0 N–H and O–H groups in total. The quantitative estimate of drug-likeness (QED) is 0.146. The summed E-state index contributed by atoms with van der Waals surface area (Å²) in [6.07, 6.45) is -9.55. The van der Waals surface area contributed by atoms with Crippen molar-refractivity contribution in [2.75, 3.05) is 14.2 Å². The summed E-state index contributed by atoms with van der Waals surface area (Å²) in [5.41, 5.74) is -0.112. The van der Waals surface area contributed by atoms with Crippen LogP contribution in [0.1, 0.15) is 11.1 Å². The largest absolute Gasteiger partial charge is 0.497 e. The summed E-state index contributed by atoms with van der Waals surface area (Å²) in [6.45, 7) is 0. The van der Waals surface area contributed by atoms with Gasteiger partial charge in [-0.2, -0.15) is 26.3 Å². The maximum absolute atomic E-state index is 15.0. The van der Waals surface area contributed by atoms with Crippen molar-refractivity contribution in [2.24, 2.45) is 0 Å². The number of pyridine rings is 2. The number of rotatable bonds is 8. The minimum Gasteiger partial charge on any atom is -0.497 e. The van der Waals surface area contributed by atoms with Crippen molar-refractivity contribution in [3.8, 4) is 78.8 Å². The first kappa shape index (κ1) is 36.0. The zero-order valence-electron chi connectivity index (χ0n) is 28.8. The van der Waals surface area contributed by atoms with Crippen molar-refractivity contribution in [3.05, 3.63) is 157 Å². The molecule has 2 aromatic heterocycles. The van der Waals surface area contributed by atoms with Crippen molar-refractivity contribution in [3.63, 3.8) is 0 Å². The number of halogens is 6. The first-order valence-electron chi connectivity index (χ1n) is 16.7. The lowest BCUT2D eigenvalue weighted by Crippen LogP contribution is -2.12. The van der Waals surface area contributed by atoms with Crippen LogP contribution in [-0.2, 0) is 12.4 Å². The smallest absolute Gasteiger partial charge is 0.419 e. The van der Waals surface area contributed by atoms with Crippen LogP contribution >= 0.6 is 0 Å². The van der Waals surface area contributed by atoms with Gasteiger partial charge in [-0.05, 0) is 64.7 Å². The highest BCUT2D eigenvalue weighted by molar-refractivity contribution is 5.85. The molecule has 0 radical (unpaired) electrons. The third kappa shape index (κ3) is 7.28. The van der Waals surface area contributed by atoms with Crippen LogP contribution < -0.4 is 9.47 Å². The molecule has 7 rings (SSSR count). The Bertz CT molecular complexity index is 2240. The van der Waals surface area contributed by atoms with Gasteiger partial charge in [-0.15, -0.1) is 0 Å². The zero-order chi connectivity index (χ0) is 38.0. The van der Waals surface area contributed by atoms with Crippen LogP contribution in [0.2, 0.25) is 0 Å². The Balaban J connectivity index is 1.47. The van der Waals surface area contributed by atoms with Crippen molar-refractivity contribution in [1.82, 2.24) is 9.97 Å². The van der Waals surface area contributed by atoms with Crippen LogP contribution in [0.25, 0.3) is 67.3 Å². The molecule has 0 unspecified atom stereocenters. The Morgan fingerprint density at radius 1 is 0.389 bits per heavy atom. The maximum atomic E-state index is 15.0. The van der Waals surface area contributed by atoms with Crippen LogP contribution in [0.4, 0.5) is 26.3 Å². The highest BCUT2D eigenvalue weighted by Crippen LogP contribution is 2.46. The van der Waals surface area contributed by atoms with Gasteiger partial charge in [-0.25, -0.2) is 9.97 Å². The molecule has 4 nitrogen and oxygen atoms in total. The number of hydrogen-bond acceptors (Lipinski definition) is 4. The third-order valence-electron chi connectivity index (χ3n) is 8.96. The van der Waals surface area contributed by atoms with Gasteiger partial charge in [0, 0.05) is 22.3 Å². The molecule has 7 aromatic rings. The molecule has 0 aliphatic rings. The standard InChI is InChI=1S/C44H30F6N2O2/c1-53-33-20-16-27(17-21-33)35-25-37(51-41(39(35)43(45,46)47)29-10-5-3-6-11-29)31-14-9-15-32(24-31)38-26-36(28-18-22-34(54-2)23-19-28)40(44(48,49)50)42(52-38)30-12-7-4-8-13-30/h3-26H,1-2H3. The highest BCUT2D eigenvalue weighted by Gasteiger charge is 2.40. The third-order valence-corrected chi connectivity index (χ3v) is 8.96. The van der Waals surface area contributed by atoms with E-state index in [0.29, 0.717) is 33.8 Å². The first-order valence-corrected chi connectivity index (χ1v) is 16.7. The molecule has 0 aliphatic carbocycles. The van der Waals surface area contributed by atoms with Crippen molar-refractivity contribution in [1.29, 1.82) is 0 Å². The SMILES string of the molecule is COc1ccc(-c2cc(-c3cccc(-c4cc(-c5ccc(OC)cc5)c(C(F)(F)F)c(-c5ccccc5)n4)c3)nc(-c3ccccc3)c2C(F)(F)F)cc1. The van der Waals surface area contributed by atoms with Gasteiger partial charge in [0.15, 0.2) is 0 Å². The lowest BCUT2D eigenvalue weighted by Gasteiger charge is -2.20. The van der Waals surface area contributed by atoms with E-state index in [0.717, 1.165) is 0 Å². The summed E-state index contributed by atoms with van der Waals surface area (Å²) in [6, 6.07) is 38.2. The van der Waals surface area contributed by atoms with E-state index in [1.165, 1.54) is 26.4 Å². The first-order chi connectivity index (χ1) is 25.9. The molecular formula is C44H30F6N2O2. The molecule has 10 heteroatoms. The predicted octanol–water partition coefficient (Wildman–Crippen LogP) is 12.5. The summed E-state index contributed by atoms with van der Waals surface area (Å²) in [4.78, 5) is 9.20. The summed E-state index contributed by atoms with van der Waals surface area (Å²) < 4.78 is 100. The lowest BCUT2D eigenvalue weighted by molar-refractivity contribution is -0.137. The molecule has 0 bridgehead atoms. The number of nitrogens with zero attached hydrogens (tertiary/aromatic N) is 2. The van der Waals surface area contributed by atoms with Crippen LogP contribution in [0.5, 0.6) is 11.5 Å². The molecule has 0 amide bonds. The van der Waals surface area contributed by atoms with E-state index in [-0.39, 0.29) is 45.0 Å². The van der Waals surface area contributed by atoms with E-state index >= 15 is 0 Å². The van der Waals surface area contributed by atoms with Gasteiger partial charge in [0.2, 0.25) is 0 Å². The fraction of sp³-hybridized carbons (Fsp3) is 0.0909. The molecule has 0 aliphatic heterocycles. The number of methoxy groups -OCH3 is 2. The molecule has 270 valence electrons. The van der Waals surface area contributed by atoms with Crippen molar-refractivity contribution >= 4 is 0 Å². The van der Waals surface area contributed by atoms with Crippen LogP contribution in [0.3, 0.4) is 0 Å². The van der Waals surface area contributed by atoms with Crippen LogP contribution in [0, 0.1) is 0 Å². The van der Waals surface area contributed by atoms with E-state index in [1.54, 1.807) is 133 Å². The van der Waals surface area contributed by atoms with E-state index in [2.05, 4.69) is 9.97 Å². The van der Waals surface area contributed by atoms with E-state index in [9.17, 15) is 26.3 Å². The molecule has 0 saturated carbocycles. The van der Waals surface area contributed by atoms with Crippen LogP contribution in [-0.4, -0.2) is 24.2 Å².